The minimum absolute atomic E-state index is 0.0727. The first-order valence-electron chi connectivity index (χ1n) is 19.6. The van der Waals surface area contributed by atoms with Crippen LogP contribution in [0.1, 0.15) is 206 Å². The molecule has 44 heavy (non-hydrogen) atoms. The molecule has 0 fully saturated rings. The minimum atomic E-state index is -0.856. The monoisotopic (exact) mass is 620 g/mol. The van der Waals surface area contributed by atoms with Crippen LogP contribution in [-0.4, -0.2) is 34.9 Å². The maximum absolute atomic E-state index is 12.3. The molecule has 0 aromatic heterocycles. The lowest BCUT2D eigenvalue weighted by atomic mass is 10.0. The largest absolute Gasteiger partial charge is 0.394 e. The number of hydrogen-bond donors (Lipinski definition) is 3. The molecule has 3 N–H and O–H groups in total. The quantitative estimate of drug-likeness (QED) is 0.0488. The van der Waals surface area contributed by atoms with Crippen molar-refractivity contribution < 1.29 is 15.0 Å². The van der Waals surface area contributed by atoms with Gasteiger partial charge in [0.25, 0.3) is 0 Å². The second kappa shape index (κ2) is 36.3. The Labute approximate surface area is 275 Å². The number of allylic oxidation sites excluding steroid dienone is 3. The van der Waals surface area contributed by atoms with E-state index in [1.807, 2.05) is 6.08 Å². The van der Waals surface area contributed by atoms with Crippen molar-refractivity contribution in [3.8, 4) is 0 Å². The lowest BCUT2D eigenvalue weighted by molar-refractivity contribution is -0.123. The molecule has 0 spiro atoms. The average molecular weight is 620 g/mol. The molecule has 4 heteroatoms. The fourth-order valence-corrected chi connectivity index (χ4v) is 5.90. The Morgan fingerprint density at radius 3 is 1.32 bits per heavy atom. The lowest BCUT2D eigenvalue weighted by Crippen LogP contribution is -2.45. The van der Waals surface area contributed by atoms with Crippen LogP contribution in [0.3, 0.4) is 0 Å². The Hall–Kier alpha value is -1.13. The van der Waals surface area contributed by atoms with Crippen molar-refractivity contribution >= 4 is 5.91 Å². The van der Waals surface area contributed by atoms with E-state index in [1.54, 1.807) is 6.08 Å². The molecule has 0 saturated heterocycles. The molecule has 260 valence electrons. The number of hydrogen-bond acceptors (Lipinski definition) is 3. The summed E-state index contributed by atoms with van der Waals surface area (Å²) in [7, 11) is 0. The van der Waals surface area contributed by atoms with Gasteiger partial charge in [-0.2, -0.15) is 0 Å². The van der Waals surface area contributed by atoms with E-state index in [0.717, 1.165) is 32.1 Å². The summed E-state index contributed by atoms with van der Waals surface area (Å²) in [6, 6.07) is -0.632. The number of carbonyl (C=O) groups is 1. The number of rotatable bonds is 35. The first kappa shape index (κ1) is 42.9. The van der Waals surface area contributed by atoms with Crippen LogP contribution in [-0.2, 0) is 4.79 Å². The highest BCUT2D eigenvalue weighted by atomic mass is 16.3. The van der Waals surface area contributed by atoms with Gasteiger partial charge in [-0.1, -0.05) is 192 Å². The summed E-state index contributed by atoms with van der Waals surface area (Å²) in [6.07, 6.45) is 45.6. The Morgan fingerprint density at radius 1 is 0.523 bits per heavy atom. The Balaban J connectivity index is 3.57. The normalized spacial score (nSPS) is 13.3. The fourth-order valence-electron chi connectivity index (χ4n) is 5.90. The number of carbonyl (C=O) groups excluding carboxylic acids is 1. The zero-order chi connectivity index (χ0) is 32.2. The van der Waals surface area contributed by atoms with E-state index < -0.39 is 12.1 Å². The number of amides is 1. The molecule has 0 bridgehead atoms. The van der Waals surface area contributed by atoms with Gasteiger partial charge in [0.15, 0.2) is 0 Å². The van der Waals surface area contributed by atoms with Crippen molar-refractivity contribution in [2.45, 2.75) is 219 Å². The molecule has 1 amide bonds. The third kappa shape index (κ3) is 32.3. The average Bonchev–Trinajstić information content (AvgIpc) is 3.03. The van der Waals surface area contributed by atoms with Gasteiger partial charge < -0.3 is 15.5 Å². The topological polar surface area (TPSA) is 69.6 Å². The lowest BCUT2D eigenvalue weighted by Gasteiger charge is -2.19. The number of aliphatic hydroxyl groups excluding tert-OH is 2. The van der Waals surface area contributed by atoms with E-state index in [9.17, 15) is 15.0 Å². The molecule has 0 aliphatic carbocycles. The van der Waals surface area contributed by atoms with E-state index >= 15 is 0 Å². The molecule has 0 aliphatic rings. The molecule has 0 rings (SSSR count). The molecule has 0 aromatic rings. The summed E-state index contributed by atoms with van der Waals surface area (Å²) in [5, 5.41) is 22.9. The van der Waals surface area contributed by atoms with Crippen LogP contribution < -0.4 is 5.32 Å². The van der Waals surface area contributed by atoms with Crippen LogP contribution in [0.25, 0.3) is 0 Å². The standard InChI is InChI=1S/C40H77NO3/c1-3-5-7-9-11-13-15-17-18-19-20-21-22-23-24-26-28-30-32-34-36-40(44)41-38(37-42)39(43)35-33-31-29-27-25-16-14-12-10-8-6-4-2/h25,27,33,35,38-39,42-43H,3-24,26,28-32,34,36-37H2,1-2H3,(H,41,44)/b27-25+,35-33+/t38-,39+/m0/s1. The molecular formula is C40H77NO3. The predicted octanol–water partition coefficient (Wildman–Crippen LogP) is 11.7. The number of aliphatic hydroxyl groups is 2. The van der Waals surface area contributed by atoms with E-state index in [2.05, 4.69) is 31.3 Å². The van der Waals surface area contributed by atoms with Gasteiger partial charge >= 0.3 is 0 Å². The Morgan fingerprint density at radius 2 is 0.886 bits per heavy atom. The zero-order valence-electron chi connectivity index (χ0n) is 29.7. The van der Waals surface area contributed by atoms with Crippen molar-refractivity contribution in [2.24, 2.45) is 0 Å². The van der Waals surface area contributed by atoms with Crippen molar-refractivity contribution in [3.63, 3.8) is 0 Å². The van der Waals surface area contributed by atoms with Gasteiger partial charge in [-0.25, -0.2) is 0 Å². The first-order valence-corrected chi connectivity index (χ1v) is 19.6. The van der Waals surface area contributed by atoms with Gasteiger partial charge in [-0.3, -0.25) is 4.79 Å². The highest BCUT2D eigenvalue weighted by molar-refractivity contribution is 5.76. The van der Waals surface area contributed by atoms with Crippen molar-refractivity contribution in [1.29, 1.82) is 0 Å². The number of unbranched alkanes of at least 4 members (excludes halogenated alkanes) is 26. The third-order valence-electron chi connectivity index (χ3n) is 8.94. The van der Waals surface area contributed by atoms with Crippen molar-refractivity contribution in [2.75, 3.05) is 6.61 Å². The molecule has 0 aromatic carbocycles. The summed E-state index contributed by atoms with van der Waals surface area (Å²) >= 11 is 0. The zero-order valence-corrected chi connectivity index (χ0v) is 29.7. The van der Waals surface area contributed by atoms with Gasteiger partial charge in [0.1, 0.15) is 0 Å². The van der Waals surface area contributed by atoms with Gasteiger partial charge in [0, 0.05) is 6.42 Å². The van der Waals surface area contributed by atoms with Gasteiger partial charge in [0.05, 0.1) is 18.8 Å². The predicted molar refractivity (Wildman–Crippen MR) is 193 cm³/mol. The Bertz CT molecular complexity index is 632. The van der Waals surface area contributed by atoms with Crippen molar-refractivity contribution in [1.82, 2.24) is 5.32 Å². The van der Waals surface area contributed by atoms with Crippen LogP contribution in [0.4, 0.5) is 0 Å². The second-order valence-corrected chi connectivity index (χ2v) is 13.3. The first-order chi connectivity index (χ1) is 21.7. The van der Waals surface area contributed by atoms with Crippen LogP contribution >= 0.6 is 0 Å². The van der Waals surface area contributed by atoms with E-state index in [0.29, 0.717) is 6.42 Å². The minimum Gasteiger partial charge on any atom is -0.394 e. The van der Waals surface area contributed by atoms with Crippen LogP contribution in [0, 0.1) is 0 Å². The Kier molecular flexibility index (Phi) is 35.4. The van der Waals surface area contributed by atoms with E-state index in [1.165, 1.54) is 154 Å². The van der Waals surface area contributed by atoms with Crippen molar-refractivity contribution in [3.05, 3.63) is 24.3 Å². The highest BCUT2D eigenvalue weighted by Crippen LogP contribution is 2.15. The SMILES string of the molecule is CCCCCCCC/C=C/CC/C=C/[C@@H](O)[C@H](CO)NC(=O)CCCCCCCCCCCCCCCCCCCCCC. The fraction of sp³-hybridized carbons (Fsp3) is 0.875. The molecule has 0 heterocycles. The summed E-state index contributed by atoms with van der Waals surface area (Å²) in [5.74, 6) is -0.0727. The smallest absolute Gasteiger partial charge is 0.220 e. The molecule has 2 atom stereocenters. The van der Waals surface area contributed by atoms with Crippen LogP contribution in [0.2, 0.25) is 0 Å². The van der Waals surface area contributed by atoms with Crippen LogP contribution in [0.5, 0.6) is 0 Å². The van der Waals surface area contributed by atoms with Crippen LogP contribution in [0.15, 0.2) is 24.3 Å². The maximum Gasteiger partial charge on any atom is 0.220 e. The van der Waals surface area contributed by atoms with Gasteiger partial charge in [-0.05, 0) is 32.1 Å². The molecular weight excluding hydrogens is 542 g/mol. The summed E-state index contributed by atoms with van der Waals surface area (Å²) in [4.78, 5) is 12.3. The molecule has 0 aliphatic heterocycles. The van der Waals surface area contributed by atoms with E-state index in [4.69, 9.17) is 0 Å². The second-order valence-electron chi connectivity index (χ2n) is 13.3. The van der Waals surface area contributed by atoms with E-state index in [-0.39, 0.29) is 12.5 Å². The third-order valence-corrected chi connectivity index (χ3v) is 8.94. The molecule has 0 saturated carbocycles. The molecule has 0 radical (unpaired) electrons. The summed E-state index contributed by atoms with van der Waals surface area (Å²) < 4.78 is 0. The maximum atomic E-state index is 12.3. The highest BCUT2D eigenvalue weighted by Gasteiger charge is 2.17. The summed E-state index contributed by atoms with van der Waals surface area (Å²) in [6.45, 7) is 4.28. The molecule has 0 unspecified atom stereocenters. The van der Waals surface area contributed by atoms with Gasteiger partial charge in [0.2, 0.25) is 5.91 Å². The van der Waals surface area contributed by atoms with Gasteiger partial charge in [-0.15, -0.1) is 0 Å². The molecule has 4 nitrogen and oxygen atoms in total. The number of nitrogens with one attached hydrogen (secondary N) is 1. The summed E-state index contributed by atoms with van der Waals surface area (Å²) in [5.41, 5.74) is 0.